The third kappa shape index (κ3) is 5.18. The van der Waals surface area contributed by atoms with E-state index in [0.717, 1.165) is 11.1 Å². The zero-order valence-corrected chi connectivity index (χ0v) is 24.5. The average Bonchev–Trinajstić information content (AvgIpc) is 3.17. The first-order chi connectivity index (χ1) is 17.7. The van der Waals surface area contributed by atoms with Crippen molar-refractivity contribution in [1.82, 2.24) is 4.57 Å². The van der Waals surface area contributed by atoms with Gasteiger partial charge in [-0.25, -0.2) is 4.99 Å². The van der Waals surface area contributed by atoms with Gasteiger partial charge in [-0.15, -0.1) is 0 Å². The lowest BCUT2D eigenvalue weighted by Gasteiger charge is -2.25. The maximum absolute atomic E-state index is 13.8. The highest BCUT2D eigenvalue weighted by Crippen LogP contribution is 2.32. The van der Waals surface area contributed by atoms with Crippen LogP contribution in [0.15, 0.2) is 92.3 Å². The molecule has 0 unspecified atom stereocenters. The third-order valence-corrected chi connectivity index (χ3v) is 8.48. The predicted molar refractivity (Wildman–Crippen MR) is 159 cm³/mol. The number of anilines is 1. The lowest BCUT2D eigenvalue weighted by Crippen LogP contribution is -2.40. The number of aromatic nitrogens is 1. The number of carbonyl (C=O) groups is 1. The molecule has 1 aliphatic rings. The van der Waals surface area contributed by atoms with Crippen molar-refractivity contribution < 1.29 is 9.90 Å². The number of hydrogen-bond donors (Lipinski definition) is 2. The second-order valence-electron chi connectivity index (χ2n) is 8.29. The van der Waals surface area contributed by atoms with E-state index in [1.54, 1.807) is 54.0 Å². The normalized spacial score (nSPS) is 15.4. The van der Waals surface area contributed by atoms with Gasteiger partial charge in [0.05, 0.1) is 29.9 Å². The largest absolute Gasteiger partial charge is 0.506 e. The van der Waals surface area contributed by atoms with Crippen molar-refractivity contribution in [1.29, 1.82) is 0 Å². The summed E-state index contributed by atoms with van der Waals surface area (Å²) in [6.07, 6.45) is 1.76. The van der Waals surface area contributed by atoms with Gasteiger partial charge in [0.25, 0.3) is 11.5 Å². The number of benzene rings is 3. The fourth-order valence-electron chi connectivity index (χ4n) is 4.11. The highest BCUT2D eigenvalue weighted by Gasteiger charge is 2.32. The van der Waals surface area contributed by atoms with Crippen molar-refractivity contribution in [2.75, 3.05) is 5.32 Å². The molecular weight excluding hydrogens is 689 g/mol. The van der Waals surface area contributed by atoms with E-state index in [-0.39, 0.29) is 17.2 Å². The number of amides is 1. The van der Waals surface area contributed by atoms with Crippen LogP contribution in [0.25, 0.3) is 6.08 Å². The average molecular weight is 707 g/mol. The lowest BCUT2D eigenvalue weighted by molar-refractivity contribution is -0.113. The number of aromatic hydroxyl groups is 1. The van der Waals surface area contributed by atoms with E-state index in [2.05, 4.69) is 26.2 Å². The quantitative estimate of drug-likeness (QED) is 0.271. The molecule has 186 valence electrons. The molecular formula is C27H18BrClIN3O3S. The van der Waals surface area contributed by atoms with E-state index in [4.69, 9.17) is 11.6 Å². The van der Waals surface area contributed by atoms with Gasteiger partial charge >= 0.3 is 0 Å². The van der Waals surface area contributed by atoms with Crippen molar-refractivity contribution in [3.8, 4) is 5.75 Å². The molecule has 10 heteroatoms. The van der Waals surface area contributed by atoms with Crippen LogP contribution in [0.5, 0.6) is 5.75 Å². The van der Waals surface area contributed by atoms with E-state index in [9.17, 15) is 14.7 Å². The molecule has 1 atom stereocenters. The number of hydrogen-bond acceptors (Lipinski definition) is 5. The molecule has 0 bridgehead atoms. The van der Waals surface area contributed by atoms with Crippen LogP contribution in [0.1, 0.15) is 24.1 Å². The zero-order chi connectivity index (χ0) is 26.3. The summed E-state index contributed by atoms with van der Waals surface area (Å²) in [5, 5.41) is 13.6. The molecule has 0 spiro atoms. The Hall–Kier alpha value is -2.73. The first-order valence-corrected chi connectivity index (χ1v) is 14.1. The van der Waals surface area contributed by atoms with Crippen LogP contribution in [0.2, 0.25) is 5.02 Å². The Morgan fingerprint density at radius 2 is 1.89 bits per heavy atom. The van der Waals surface area contributed by atoms with Crippen LogP contribution in [-0.2, 0) is 4.79 Å². The summed E-state index contributed by atoms with van der Waals surface area (Å²) < 4.78 is 3.21. The molecule has 5 rings (SSSR count). The van der Waals surface area contributed by atoms with E-state index in [1.165, 1.54) is 11.3 Å². The van der Waals surface area contributed by atoms with Crippen molar-refractivity contribution in [3.05, 3.63) is 122 Å². The summed E-state index contributed by atoms with van der Waals surface area (Å²) in [6.45, 7) is 1.78. The van der Waals surface area contributed by atoms with Crippen LogP contribution in [0.3, 0.4) is 0 Å². The number of halogens is 3. The van der Waals surface area contributed by atoms with Crippen molar-refractivity contribution in [2.24, 2.45) is 4.99 Å². The standard InChI is InChI=1S/C27H18BrClIN3O3S/c1-14-22(25(35)32-18-5-3-2-4-6-18)23(16-7-9-17(29)10-8-16)33-26(36)21(37-27(33)31-14)13-15-11-19(28)24(34)20(30)12-15/h2-13,23,34H,1H3,(H,32,35)/b21-13-/t23-/m1/s1. The van der Waals surface area contributed by atoms with Crippen molar-refractivity contribution in [3.63, 3.8) is 0 Å². The molecule has 1 aliphatic heterocycles. The number of thiazole rings is 1. The fraction of sp³-hybridized carbons (Fsp3) is 0.0741. The van der Waals surface area contributed by atoms with Gasteiger partial charge in [0.2, 0.25) is 0 Å². The van der Waals surface area contributed by atoms with Gasteiger partial charge in [-0.05, 0) is 99.0 Å². The Kier molecular flexibility index (Phi) is 7.39. The second-order valence-corrected chi connectivity index (χ2v) is 11.7. The Bertz CT molecular complexity index is 1730. The van der Waals surface area contributed by atoms with Gasteiger partial charge in [-0.3, -0.25) is 14.2 Å². The summed E-state index contributed by atoms with van der Waals surface area (Å²) in [7, 11) is 0. The summed E-state index contributed by atoms with van der Waals surface area (Å²) in [5.74, 6) is -0.189. The third-order valence-electron chi connectivity index (χ3n) is 5.82. The summed E-state index contributed by atoms with van der Waals surface area (Å²) in [4.78, 5) is 32.5. The molecule has 0 saturated carbocycles. The number of para-hydroxylation sites is 1. The lowest BCUT2D eigenvalue weighted by atomic mass is 9.95. The van der Waals surface area contributed by atoms with Gasteiger partial charge < -0.3 is 10.4 Å². The molecule has 37 heavy (non-hydrogen) atoms. The molecule has 3 aromatic carbocycles. The minimum atomic E-state index is -0.689. The topological polar surface area (TPSA) is 83.7 Å². The van der Waals surface area contributed by atoms with E-state index in [1.807, 2.05) is 52.9 Å². The van der Waals surface area contributed by atoms with Crippen LogP contribution in [0, 0.1) is 3.57 Å². The summed E-state index contributed by atoms with van der Waals surface area (Å²) in [5.41, 5.74) is 2.79. The number of allylic oxidation sites excluding steroid dienone is 1. The Morgan fingerprint density at radius 1 is 1.19 bits per heavy atom. The molecule has 2 heterocycles. The van der Waals surface area contributed by atoms with Crippen LogP contribution in [0.4, 0.5) is 5.69 Å². The molecule has 0 radical (unpaired) electrons. The summed E-state index contributed by atoms with van der Waals surface area (Å²) in [6, 6.07) is 19.1. The first-order valence-electron chi connectivity index (χ1n) is 11.1. The van der Waals surface area contributed by atoms with E-state index < -0.39 is 6.04 Å². The molecule has 0 aliphatic carbocycles. The van der Waals surface area contributed by atoms with Gasteiger partial charge in [-0.2, -0.15) is 0 Å². The highest BCUT2D eigenvalue weighted by molar-refractivity contribution is 14.1. The Morgan fingerprint density at radius 3 is 2.57 bits per heavy atom. The summed E-state index contributed by atoms with van der Waals surface area (Å²) >= 11 is 12.8. The van der Waals surface area contributed by atoms with Crippen molar-refractivity contribution >= 4 is 79.1 Å². The van der Waals surface area contributed by atoms with Gasteiger partial charge in [0.1, 0.15) is 5.75 Å². The second kappa shape index (κ2) is 10.6. The molecule has 1 amide bonds. The zero-order valence-electron chi connectivity index (χ0n) is 19.2. The van der Waals surface area contributed by atoms with E-state index in [0.29, 0.717) is 39.4 Å². The van der Waals surface area contributed by atoms with Gasteiger partial charge in [0, 0.05) is 10.7 Å². The van der Waals surface area contributed by atoms with Crippen LogP contribution < -0.4 is 20.2 Å². The SMILES string of the molecule is CC1=C(C(=O)Nc2ccccc2)[C@@H](c2ccc(Cl)cc2)n2c(s/c(=C\c3cc(Br)c(O)c(I)c3)c2=O)=N1. The van der Waals surface area contributed by atoms with Crippen LogP contribution >= 0.6 is 61.5 Å². The maximum atomic E-state index is 13.8. The fourth-order valence-corrected chi connectivity index (χ4v) is 6.78. The molecule has 0 saturated heterocycles. The van der Waals surface area contributed by atoms with Crippen molar-refractivity contribution in [2.45, 2.75) is 13.0 Å². The Balaban J connectivity index is 1.68. The van der Waals surface area contributed by atoms with E-state index >= 15 is 0 Å². The highest BCUT2D eigenvalue weighted by atomic mass is 127. The first kappa shape index (κ1) is 25.9. The molecule has 2 N–H and O–H groups in total. The smallest absolute Gasteiger partial charge is 0.271 e. The minimum Gasteiger partial charge on any atom is -0.506 e. The molecule has 4 aromatic rings. The predicted octanol–water partition coefficient (Wildman–Crippen LogP) is 5.60. The molecule has 0 fully saturated rings. The van der Waals surface area contributed by atoms with Gasteiger partial charge in [-0.1, -0.05) is 53.3 Å². The number of rotatable bonds is 4. The maximum Gasteiger partial charge on any atom is 0.271 e. The van der Waals surface area contributed by atoms with Crippen LogP contribution in [-0.4, -0.2) is 15.6 Å². The number of phenolic OH excluding ortho intramolecular Hbond substituents is 1. The number of nitrogens with zero attached hydrogens (tertiary/aromatic N) is 2. The number of phenols is 1. The molecule has 6 nitrogen and oxygen atoms in total. The number of carbonyl (C=O) groups excluding carboxylic acids is 1. The number of fused-ring (bicyclic) bond motifs is 1. The van der Waals surface area contributed by atoms with Gasteiger partial charge in [0.15, 0.2) is 4.80 Å². The molecule has 1 aromatic heterocycles. The Labute approximate surface area is 242 Å². The number of nitrogens with one attached hydrogen (secondary N) is 1. The monoisotopic (exact) mass is 705 g/mol. The minimum absolute atomic E-state index is 0.145.